The lowest BCUT2D eigenvalue weighted by atomic mass is 9.94. The molecule has 1 aromatic carbocycles. The van der Waals surface area contributed by atoms with Crippen LogP contribution in [-0.4, -0.2) is 23.3 Å². The summed E-state index contributed by atoms with van der Waals surface area (Å²) in [5, 5.41) is 0. The number of nitrogens with zero attached hydrogens (tertiary/aromatic N) is 1. The minimum Gasteiger partial charge on any atom is -0.489 e. The standard InChI is InChI=1S/C20H25F3N4O3/c1-11(2)9-19(3,30-18(26)28)10-29-15-5-4-12(8-14(15)20(21,22)23)13-6-7-27-17(25)16(13)24/h4-8,11H,9-10,24H2,1-3H3,(H2,25,27)(H2,26,28)/t19-/m0/s1. The molecule has 0 aliphatic rings. The highest BCUT2D eigenvalue weighted by Gasteiger charge is 2.37. The number of hydrogen-bond acceptors (Lipinski definition) is 6. The summed E-state index contributed by atoms with van der Waals surface area (Å²) >= 11 is 0. The number of hydrogen-bond donors (Lipinski definition) is 3. The van der Waals surface area contributed by atoms with Crippen molar-refractivity contribution in [2.24, 2.45) is 11.7 Å². The molecule has 1 heterocycles. The lowest BCUT2D eigenvalue weighted by Crippen LogP contribution is -2.41. The van der Waals surface area contributed by atoms with E-state index in [1.54, 1.807) is 6.92 Å². The number of carbonyl (C=O) groups excluding carboxylic acids is 1. The molecule has 0 spiro atoms. The number of benzene rings is 1. The normalized spacial score (nSPS) is 13.7. The van der Waals surface area contributed by atoms with Gasteiger partial charge in [-0.15, -0.1) is 0 Å². The molecule has 0 aliphatic carbocycles. The fourth-order valence-corrected chi connectivity index (χ4v) is 3.25. The van der Waals surface area contributed by atoms with Crippen molar-refractivity contribution in [3.8, 4) is 16.9 Å². The number of carbonyl (C=O) groups is 1. The van der Waals surface area contributed by atoms with Crippen LogP contribution in [0.3, 0.4) is 0 Å². The quantitative estimate of drug-likeness (QED) is 0.609. The van der Waals surface area contributed by atoms with Crippen molar-refractivity contribution in [2.75, 3.05) is 18.1 Å². The molecular weight excluding hydrogens is 401 g/mol. The average Bonchev–Trinajstić information content (AvgIpc) is 2.60. The summed E-state index contributed by atoms with van der Waals surface area (Å²) in [5.41, 5.74) is 15.0. The molecule has 0 saturated heterocycles. The highest BCUT2D eigenvalue weighted by molar-refractivity contribution is 5.82. The van der Waals surface area contributed by atoms with Crippen LogP contribution in [0.15, 0.2) is 30.5 Å². The van der Waals surface area contributed by atoms with E-state index in [1.807, 2.05) is 13.8 Å². The Hall–Kier alpha value is -3.17. The van der Waals surface area contributed by atoms with E-state index in [9.17, 15) is 18.0 Å². The van der Waals surface area contributed by atoms with Gasteiger partial charge in [0, 0.05) is 11.8 Å². The summed E-state index contributed by atoms with van der Waals surface area (Å²) in [6.07, 6.45) is -4.02. The first-order valence-electron chi connectivity index (χ1n) is 9.15. The number of amides is 1. The van der Waals surface area contributed by atoms with E-state index in [1.165, 1.54) is 24.4 Å². The Balaban J connectivity index is 2.40. The first-order valence-corrected chi connectivity index (χ1v) is 9.15. The molecule has 10 heteroatoms. The molecule has 0 aliphatic heterocycles. The number of anilines is 2. The number of pyridine rings is 1. The van der Waals surface area contributed by atoms with Gasteiger partial charge in [0.25, 0.3) is 0 Å². The van der Waals surface area contributed by atoms with Gasteiger partial charge < -0.3 is 26.7 Å². The molecule has 2 rings (SSSR count). The molecule has 1 atom stereocenters. The second-order valence-electron chi connectivity index (χ2n) is 7.62. The van der Waals surface area contributed by atoms with Crippen LogP contribution in [0.2, 0.25) is 0 Å². The molecule has 7 nitrogen and oxygen atoms in total. The molecular formula is C20H25F3N4O3. The van der Waals surface area contributed by atoms with E-state index in [0.29, 0.717) is 12.0 Å². The van der Waals surface area contributed by atoms with Gasteiger partial charge in [-0.3, -0.25) is 0 Å². The molecule has 1 amide bonds. The third kappa shape index (κ3) is 5.68. The minimum atomic E-state index is -4.70. The van der Waals surface area contributed by atoms with E-state index >= 15 is 0 Å². The number of aromatic nitrogens is 1. The molecule has 2 aromatic rings. The van der Waals surface area contributed by atoms with Gasteiger partial charge in [-0.2, -0.15) is 13.2 Å². The summed E-state index contributed by atoms with van der Waals surface area (Å²) in [4.78, 5) is 15.0. The molecule has 0 saturated carbocycles. The Morgan fingerprint density at radius 2 is 1.87 bits per heavy atom. The molecule has 0 radical (unpaired) electrons. The maximum atomic E-state index is 13.7. The monoisotopic (exact) mass is 426 g/mol. The number of halogens is 3. The summed E-state index contributed by atoms with van der Waals surface area (Å²) in [5.74, 6) is -0.299. The Kier molecular flexibility index (Phi) is 6.69. The topological polar surface area (TPSA) is 126 Å². The van der Waals surface area contributed by atoms with Gasteiger partial charge in [0.1, 0.15) is 23.8 Å². The molecule has 6 N–H and O–H groups in total. The number of nitrogen functional groups attached to an aromatic ring is 2. The Morgan fingerprint density at radius 1 is 1.20 bits per heavy atom. The largest absolute Gasteiger partial charge is 0.489 e. The average molecular weight is 426 g/mol. The zero-order valence-corrected chi connectivity index (χ0v) is 16.9. The summed E-state index contributed by atoms with van der Waals surface area (Å²) in [7, 11) is 0. The van der Waals surface area contributed by atoms with Crippen molar-refractivity contribution < 1.29 is 27.4 Å². The number of primary amides is 1. The third-order valence-electron chi connectivity index (χ3n) is 4.34. The van der Waals surface area contributed by atoms with Crippen molar-refractivity contribution >= 4 is 17.6 Å². The second kappa shape index (κ2) is 8.68. The zero-order chi connectivity index (χ0) is 22.7. The van der Waals surface area contributed by atoms with Crippen LogP contribution in [0.5, 0.6) is 5.75 Å². The van der Waals surface area contributed by atoms with Crippen LogP contribution in [0.1, 0.15) is 32.8 Å². The fourth-order valence-electron chi connectivity index (χ4n) is 3.25. The predicted molar refractivity (Wildman–Crippen MR) is 108 cm³/mol. The van der Waals surface area contributed by atoms with E-state index in [2.05, 4.69) is 4.98 Å². The molecule has 0 fully saturated rings. The van der Waals surface area contributed by atoms with Gasteiger partial charge in [0.15, 0.2) is 0 Å². The predicted octanol–water partition coefficient (Wildman–Crippen LogP) is 4.21. The van der Waals surface area contributed by atoms with E-state index in [0.717, 1.165) is 6.07 Å². The highest BCUT2D eigenvalue weighted by Crippen LogP contribution is 2.40. The highest BCUT2D eigenvalue weighted by atomic mass is 19.4. The number of rotatable bonds is 7. The minimum absolute atomic E-state index is 0.0226. The lowest BCUT2D eigenvalue weighted by Gasteiger charge is -2.30. The smallest absolute Gasteiger partial charge is 0.419 e. The Morgan fingerprint density at radius 3 is 2.43 bits per heavy atom. The van der Waals surface area contributed by atoms with Gasteiger partial charge in [0.2, 0.25) is 0 Å². The lowest BCUT2D eigenvalue weighted by molar-refractivity contribution is -0.139. The third-order valence-corrected chi connectivity index (χ3v) is 4.34. The van der Waals surface area contributed by atoms with Gasteiger partial charge in [-0.05, 0) is 43.0 Å². The first kappa shape index (κ1) is 23.1. The van der Waals surface area contributed by atoms with Gasteiger partial charge in [-0.25, -0.2) is 9.78 Å². The Labute approximate surface area is 172 Å². The van der Waals surface area contributed by atoms with Crippen molar-refractivity contribution in [3.05, 3.63) is 36.0 Å². The van der Waals surface area contributed by atoms with Crippen molar-refractivity contribution in [3.63, 3.8) is 0 Å². The molecule has 164 valence electrons. The molecule has 30 heavy (non-hydrogen) atoms. The van der Waals surface area contributed by atoms with Crippen molar-refractivity contribution in [1.82, 2.24) is 4.98 Å². The number of nitrogens with two attached hydrogens (primary N) is 3. The number of alkyl halides is 3. The van der Waals surface area contributed by atoms with Crippen LogP contribution in [0.4, 0.5) is 29.5 Å². The zero-order valence-electron chi connectivity index (χ0n) is 16.9. The first-order chi connectivity index (χ1) is 13.8. The van der Waals surface area contributed by atoms with Gasteiger partial charge in [-0.1, -0.05) is 19.9 Å². The van der Waals surface area contributed by atoms with Gasteiger partial charge in [0.05, 0.1) is 11.3 Å². The van der Waals surface area contributed by atoms with E-state index < -0.39 is 29.2 Å². The van der Waals surface area contributed by atoms with E-state index in [4.69, 9.17) is 26.7 Å². The molecule has 0 bridgehead atoms. The fraction of sp³-hybridized carbons (Fsp3) is 0.400. The number of ether oxygens (including phenoxy) is 2. The second-order valence-corrected chi connectivity index (χ2v) is 7.62. The summed E-state index contributed by atoms with van der Waals surface area (Å²) in [6.45, 7) is 5.01. The SMILES string of the molecule is CC(C)C[C@@](C)(COc1ccc(-c2ccnc(N)c2N)cc1C(F)(F)F)OC(N)=O. The summed E-state index contributed by atoms with van der Waals surface area (Å²) in [6, 6.07) is 5.02. The van der Waals surface area contributed by atoms with E-state index in [-0.39, 0.29) is 29.6 Å². The van der Waals surface area contributed by atoms with Crippen molar-refractivity contribution in [1.29, 1.82) is 0 Å². The molecule has 1 aromatic heterocycles. The van der Waals surface area contributed by atoms with Gasteiger partial charge >= 0.3 is 12.3 Å². The van der Waals surface area contributed by atoms with Crippen molar-refractivity contribution in [2.45, 2.75) is 39.0 Å². The van der Waals surface area contributed by atoms with Crippen LogP contribution in [0.25, 0.3) is 11.1 Å². The maximum Gasteiger partial charge on any atom is 0.419 e. The van der Waals surface area contributed by atoms with Crippen LogP contribution < -0.4 is 21.9 Å². The maximum absolute atomic E-state index is 13.7. The van der Waals surface area contributed by atoms with Crippen LogP contribution >= 0.6 is 0 Å². The van der Waals surface area contributed by atoms with Crippen LogP contribution in [0, 0.1) is 5.92 Å². The molecule has 0 unspecified atom stereocenters. The summed E-state index contributed by atoms with van der Waals surface area (Å²) < 4.78 is 51.7. The Bertz CT molecular complexity index is 919. The van der Waals surface area contributed by atoms with Crippen LogP contribution in [-0.2, 0) is 10.9 Å².